The van der Waals surface area contributed by atoms with Gasteiger partial charge in [-0.1, -0.05) is 50.5 Å². The number of hydrogen-bond acceptors (Lipinski definition) is 4. The standard InChI is InChI=1S/C20H32O5/c1-2-3-6-9-15(21)12-13-17-16(18(22)14-19(17)23)10-7-4-5-8-11-20(24)25/h4,7,12-13,15-17,19,21,23H,2-3,5-6,8-11,14H2,1H3,(H,24,25)/t15-,16?,17?,19+/m0/s1. The lowest BCUT2D eigenvalue weighted by Crippen LogP contribution is -2.18. The van der Waals surface area contributed by atoms with Crippen molar-refractivity contribution in [3.8, 4) is 0 Å². The second-order valence-electron chi connectivity index (χ2n) is 6.86. The largest absolute Gasteiger partial charge is 0.481 e. The number of carbonyl (C=O) groups excluding carboxylic acids is 1. The number of carboxylic acid groups (broad SMARTS) is 1. The van der Waals surface area contributed by atoms with Gasteiger partial charge in [0, 0.05) is 24.7 Å². The van der Waals surface area contributed by atoms with Crippen molar-refractivity contribution in [2.45, 2.75) is 76.9 Å². The van der Waals surface area contributed by atoms with Crippen molar-refractivity contribution < 1.29 is 24.9 Å². The van der Waals surface area contributed by atoms with E-state index in [2.05, 4.69) is 6.92 Å². The predicted molar refractivity (Wildman–Crippen MR) is 97.1 cm³/mol. The van der Waals surface area contributed by atoms with E-state index in [1.807, 2.05) is 12.2 Å². The summed E-state index contributed by atoms with van der Waals surface area (Å²) >= 11 is 0. The van der Waals surface area contributed by atoms with Crippen molar-refractivity contribution in [2.24, 2.45) is 11.8 Å². The highest BCUT2D eigenvalue weighted by Gasteiger charge is 2.39. The van der Waals surface area contributed by atoms with Crippen molar-refractivity contribution in [2.75, 3.05) is 0 Å². The van der Waals surface area contributed by atoms with E-state index in [9.17, 15) is 19.8 Å². The number of aliphatic hydroxyl groups excluding tert-OH is 2. The molecule has 2 unspecified atom stereocenters. The molecular weight excluding hydrogens is 320 g/mol. The van der Waals surface area contributed by atoms with E-state index in [-0.39, 0.29) is 30.5 Å². The monoisotopic (exact) mass is 352 g/mol. The van der Waals surface area contributed by atoms with E-state index in [1.54, 1.807) is 12.2 Å². The number of carboxylic acids is 1. The first-order valence-corrected chi connectivity index (χ1v) is 9.39. The van der Waals surface area contributed by atoms with Crippen molar-refractivity contribution >= 4 is 11.8 Å². The van der Waals surface area contributed by atoms with Gasteiger partial charge in [-0.3, -0.25) is 9.59 Å². The zero-order chi connectivity index (χ0) is 18.7. The van der Waals surface area contributed by atoms with E-state index in [0.717, 1.165) is 19.3 Å². The Kier molecular flexibility index (Phi) is 10.3. The Morgan fingerprint density at radius 2 is 2.04 bits per heavy atom. The van der Waals surface area contributed by atoms with Gasteiger partial charge in [0.25, 0.3) is 0 Å². The molecule has 0 amide bonds. The number of aliphatic carboxylic acids is 1. The van der Waals surface area contributed by atoms with Gasteiger partial charge < -0.3 is 15.3 Å². The fraction of sp³-hybridized carbons (Fsp3) is 0.700. The summed E-state index contributed by atoms with van der Waals surface area (Å²) in [6.45, 7) is 2.11. The molecule has 5 nitrogen and oxygen atoms in total. The van der Waals surface area contributed by atoms with Gasteiger partial charge in [0.05, 0.1) is 12.2 Å². The van der Waals surface area contributed by atoms with Crippen LogP contribution in [0.25, 0.3) is 0 Å². The minimum Gasteiger partial charge on any atom is -0.481 e. The number of unbranched alkanes of at least 4 members (excludes halogenated alkanes) is 3. The summed E-state index contributed by atoms with van der Waals surface area (Å²) < 4.78 is 0. The molecule has 25 heavy (non-hydrogen) atoms. The zero-order valence-electron chi connectivity index (χ0n) is 15.1. The maximum absolute atomic E-state index is 12.1. The summed E-state index contributed by atoms with van der Waals surface area (Å²) in [5, 5.41) is 28.7. The van der Waals surface area contributed by atoms with Crippen LogP contribution >= 0.6 is 0 Å². The molecule has 0 spiro atoms. The maximum Gasteiger partial charge on any atom is 0.303 e. The Labute approximate surface area is 150 Å². The SMILES string of the molecule is CCCCC[C@H](O)C=CC1C(CC=CCCCC(=O)O)C(=O)C[C@H]1O. The molecule has 4 atom stereocenters. The summed E-state index contributed by atoms with van der Waals surface area (Å²) in [4.78, 5) is 22.5. The van der Waals surface area contributed by atoms with Crippen molar-refractivity contribution in [3.05, 3.63) is 24.3 Å². The molecule has 0 aromatic heterocycles. The molecule has 0 aliphatic heterocycles. The first kappa shape index (κ1) is 21.6. The number of aliphatic hydroxyl groups is 2. The smallest absolute Gasteiger partial charge is 0.303 e. The normalized spacial score (nSPS) is 25.2. The Morgan fingerprint density at radius 3 is 2.72 bits per heavy atom. The lowest BCUT2D eigenvalue weighted by molar-refractivity contribution is -0.137. The third-order valence-corrected chi connectivity index (χ3v) is 4.71. The fourth-order valence-corrected chi connectivity index (χ4v) is 3.22. The summed E-state index contributed by atoms with van der Waals surface area (Å²) in [5.74, 6) is -1.26. The van der Waals surface area contributed by atoms with Crippen LogP contribution < -0.4 is 0 Å². The molecule has 3 N–H and O–H groups in total. The molecule has 5 heteroatoms. The first-order valence-electron chi connectivity index (χ1n) is 9.39. The van der Waals surface area contributed by atoms with E-state index in [0.29, 0.717) is 25.7 Å². The molecule has 1 aliphatic carbocycles. The van der Waals surface area contributed by atoms with Crippen molar-refractivity contribution in [1.82, 2.24) is 0 Å². The Balaban J connectivity index is 2.48. The molecule has 0 aromatic carbocycles. The topological polar surface area (TPSA) is 94.8 Å². The van der Waals surface area contributed by atoms with Crippen molar-refractivity contribution in [1.29, 1.82) is 0 Å². The molecule has 1 aliphatic rings. The lowest BCUT2D eigenvalue weighted by Gasteiger charge is -2.16. The van der Waals surface area contributed by atoms with Crippen LogP contribution in [0, 0.1) is 11.8 Å². The third kappa shape index (κ3) is 8.45. The Bertz CT molecular complexity index is 469. The van der Waals surface area contributed by atoms with Gasteiger partial charge in [-0.25, -0.2) is 0 Å². The number of allylic oxidation sites excluding steroid dienone is 2. The molecule has 0 aromatic rings. The van der Waals surface area contributed by atoms with Crippen LogP contribution in [0.5, 0.6) is 0 Å². The first-order chi connectivity index (χ1) is 12.0. The van der Waals surface area contributed by atoms with Crippen LogP contribution in [-0.4, -0.2) is 39.3 Å². The quantitative estimate of drug-likeness (QED) is 0.370. The van der Waals surface area contributed by atoms with Crippen LogP contribution in [0.2, 0.25) is 0 Å². The number of rotatable bonds is 12. The molecule has 1 fully saturated rings. The minimum atomic E-state index is -0.801. The lowest BCUT2D eigenvalue weighted by atomic mass is 9.90. The highest BCUT2D eigenvalue weighted by molar-refractivity contribution is 5.84. The van der Waals surface area contributed by atoms with E-state index in [1.165, 1.54) is 0 Å². The predicted octanol–water partition coefficient (Wildman–Crippen LogP) is 3.25. The number of hydrogen-bond donors (Lipinski definition) is 3. The van der Waals surface area contributed by atoms with Gasteiger partial charge in [0.1, 0.15) is 5.78 Å². The molecule has 0 saturated heterocycles. The minimum absolute atomic E-state index is 0.0535. The second-order valence-corrected chi connectivity index (χ2v) is 6.86. The molecule has 0 radical (unpaired) electrons. The average molecular weight is 352 g/mol. The molecule has 0 heterocycles. The molecule has 1 rings (SSSR count). The van der Waals surface area contributed by atoms with Crippen LogP contribution in [0.15, 0.2) is 24.3 Å². The third-order valence-electron chi connectivity index (χ3n) is 4.71. The molecule has 0 bridgehead atoms. The van der Waals surface area contributed by atoms with E-state index in [4.69, 9.17) is 5.11 Å². The van der Waals surface area contributed by atoms with Gasteiger partial charge in [0.2, 0.25) is 0 Å². The van der Waals surface area contributed by atoms with Crippen LogP contribution in [0.1, 0.15) is 64.7 Å². The highest BCUT2D eigenvalue weighted by Crippen LogP contribution is 2.33. The highest BCUT2D eigenvalue weighted by atomic mass is 16.4. The second kappa shape index (κ2) is 12.0. The van der Waals surface area contributed by atoms with Gasteiger partial charge >= 0.3 is 5.97 Å². The van der Waals surface area contributed by atoms with Gasteiger partial charge in [-0.2, -0.15) is 0 Å². The Hall–Kier alpha value is -1.46. The summed E-state index contributed by atoms with van der Waals surface area (Å²) in [6, 6.07) is 0. The number of Topliss-reactive ketones (excluding diaryl/α,β-unsaturated/α-hetero) is 1. The van der Waals surface area contributed by atoms with Gasteiger partial charge in [-0.15, -0.1) is 0 Å². The Morgan fingerprint density at radius 1 is 1.28 bits per heavy atom. The maximum atomic E-state index is 12.1. The van der Waals surface area contributed by atoms with Crippen molar-refractivity contribution in [3.63, 3.8) is 0 Å². The fourth-order valence-electron chi connectivity index (χ4n) is 3.22. The van der Waals surface area contributed by atoms with Crippen LogP contribution in [0.3, 0.4) is 0 Å². The molecule has 1 saturated carbocycles. The molecular formula is C20H32O5. The van der Waals surface area contributed by atoms with Crippen LogP contribution in [0.4, 0.5) is 0 Å². The average Bonchev–Trinajstić information content (AvgIpc) is 2.82. The van der Waals surface area contributed by atoms with Crippen LogP contribution in [-0.2, 0) is 9.59 Å². The zero-order valence-corrected chi connectivity index (χ0v) is 15.1. The summed E-state index contributed by atoms with van der Waals surface area (Å²) in [6.07, 6.45) is 12.1. The molecule has 142 valence electrons. The van der Waals surface area contributed by atoms with E-state index < -0.39 is 18.2 Å². The van der Waals surface area contributed by atoms with Gasteiger partial charge in [0.15, 0.2) is 0 Å². The van der Waals surface area contributed by atoms with Gasteiger partial charge in [-0.05, 0) is 25.7 Å². The number of carbonyl (C=O) groups is 2. The summed E-state index contributed by atoms with van der Waals surface area (Å²) in [7, 11) is 0. The summed E-state index contributed by atoms with van der Waals surface area (Å²) in [5.41, 5.74) is 0. The van der Waals surface area contributed by atoms with E-state index >= 15 is 0 Å². The number of ketones is 1.